The van der Waals surface area contributed by atoms with E-state index >= 15 is 0 Å². The summed E-state index contributed by atoms with van der Waals surface area (Å²) in [6.07, 6.45) is 1.17. The second-order valence-electron chi connectivity index (χ2n) is 6.29. The molecule has 1 aliphatic carbocycles. The Balaban J connectivity index is 1.54. The minimum Gasteiger partial charge on any atom is -0.424 e. The van der Waals surface area contributed by atoms with Crippen LogP contribution in [0.1, 0.15) is 17.5 Å². The van der Waals surface area contributed by atoms with Crippen LogP contribution in [-0.2, 0) is 21.5 Å². The summed E-state index contributed by atoms with van der Waals surface area (Å²) in [5.41, 5.74) is 0.736. The minimum absolute atomic E-state index is 0.187. The van der Waals surface area contributed by atoms with Crippen molar-refractivity contribution in [2.45, 2.75) is 18.4 Å². The molecule has 0 bridgehead atoms. The molecule has 6 nitrogen and oxygen atoms in total. The van der Waals surface area contributed by atoms with Crippen LogP contribution in [0, 0.1) is 0 Å². The molecule has 1 N–H and O–H groups in total. The number of para-hydroxylation sites is 1. The molecule has 26 heavy (non-hydrogen) atoms. The van der Waals surface area contributed by atoms with Crippen LogP contribution in [0.3, 0.4) is 0 Å². The van der Waals surface area contributed by atoms with Gasteiger partial charge >= 0.3 is 12.0 Å². The quantitative estimate of drug-likeness (QED) is 0.512. The third-order valence-electron chi connectivity index (χ3n) is 4.77. The van der Waals surface area contributed by atoms with Crippen molar-refractivity contribution in [3.05, 3.63) is 64.7 Å². The van der Waals surface area contributed by atoms with E-state index in [1.54, 1.807) is 24.3 Å². The number of imide groups is 1. The Kier molecular flexibility index (Phi) is 3.92. The summed E-state index contributed by atoms with van der Waals surface area (Å²) in [6.45, 7) is -0.472. The molecule has 7 heteroatoms. The van der Waals surface area contributed by atoms with Gasteiger partial charge < -0.3 is 10.1 Å². The Labute approximate surface area is 154 Å². The molecule has 1 saturated heterocycles. The molecule has 0 radical (unpaired) electrons. The minimum atomic E-state index is -1.08. The largest absolute Gasteiger partial charge is 0.424 e. The van der Waals surface area contributed by atoms with Gasteiger partial charge in [-0.2, -0.15) is 0 Å². The molecule has 1 aliphatic heterocycles. The predicted octanol–water partition coefficient (Wildman–Crippen LogP) is 2.64. The third kappa shape index (κ3) is 2.54. The van der Waals surface area contributed by atoms with Gasteiger partial charge in [-0.1, -0.05) is 48.0 Å². The van der Waals surface area contributed by atoms with Crippen LogP contribution in [0.15, 0.2) is 48.5 Å². The highest BCUT2D eigenvalue weighted by Gasteiger charge is 2.55. The number of aryl methyl sites for hydroxylation is 1. The van der Waals surface area contributed by atoms with E-state index < -0.39 is 30.0 Å². The second kappa shape index (κ2) is 6.14. The van der Waals surface area contributed by atoms with Crippen molar-refractivity contribution in [2.75, 3.05) is 6.54 Å². The van der Waals surface area contributed by atoms with Crippen molar-refractivity contribution in [1.29, 1.82) is 0 Å². The number of nitrogens with one attached hydrogen (secondary N) is 1. The van der Waals surface area contributed by atoms with E-state index in [0.717, 1.165) is 16.0 Å². The van der Waals surface area contributed by atoms with Gasteiger partial charge in [-0.05, 0) is 36.1 Å². The van der Waals surface area contributed by atoms with Gasteiger partial charge in [0.05, 0.1) is 5.02 Å². The highest BCUT2D eigenvalue weighted by atomic mass is 35.5. The Bertz CT molecular complexity index is 929. The zero-order chi connectivity index (χ0) is 18.3. The maximum atomic E-state index is 13.0. The zero-order valence-electron chi connectivity index (χ0n) is 13.7. The summed E-state index contributed by atoms with van der Waals surface area (Å²) >= 11 is 5.96. The molecule has 2 aliphatic rings. The summed E-state index contributed by atoms with van der Waals surface area (Å²) < 4.78 is 5.18. The molecular weight excluding hydrogens is 356 g/mol. The first-order valence-corrected chi connectivity index (χ1v) is 8.57. The van der Waals surface area contributed by atoms with E-state index in [9.17, 15) is 14.4 Å². The van der Waals surface area contributed by atoms with Crippen LogP contribution < -0.4 is 10.1 Å². The van der Waals surface area contributed by atoms with Gasteiger partial charge in [0.25, 0.3) is 5.91 Å². The van der Waals surface area contributed by atoms with Crippen molar-refractivity contribution in [2.24, 2.45) is 0 Å². The van der Waals surface area contributed by atoms with Gasteiger partial charge in [0.15, 0.2) is 0 Å². The molecule has 0 saturated carbocycles. The van der Waals surface area contributed by atoms with Crippen LogP contribution >= 0.6 is 11.6 Å². The van der Waals surface area contributed by atoms with Crippen molar-refractivity contribution in [3.63, 3.8) is 0 Å². The molecule has 4 rings (SSSR count). The standard InChI is InChI=1S/C19H15ClN2O4/c20-14-7-3-4-8-15(14)26-16(23)11-22-17(24)19(21-18(22)25)10-9-12-5-1-2-6-13(12)19/h1-8H,9-11H2,(H,21,25). The number of nitrogens with zero attached hydrogens (tertiary/aromatic N) is 1. The number of carbonyl (C=O) groups is 3. The summed E-state index contributed by atoms with van der Waals surface area (Å²) in [5.74, 6) is -0.972. The average Bonchev–Trinajstić information content (AvgIpc) is 3.11. The summed E-state index contributed by atoms with van der Waals surface area (Å²) in [4.78, 5) is 38.4. The van der Waals surface area contributed by atoms with Gasteiger partial charge in [-0.3, -0.25) is 9.69 Å². The van der Waals surface area contributed by atoms with E-state index in [1.165, 1.54) is 0 Å². The Morgan fingerprint density at radius 3 is 2.69 bits per heavy atom. The van der Waals surface area contributed by atoms with Crippen molar-refractivity contribution >= 4 is 29.5 Å². The first-order chi connectivity index (χ1) is 12.5. The highest BCUT2D eigenvalue weighted by Crippen LogP contribution is 2.41. The Hall–Kier alpha value is -2.86. The molecule has 3 amide bonds. The lowest BCUT2D eigenvalue weighted by Gasteiger charge is -2.22. The molecule has 1 atom stereocenters. The highest BCUT2D eigenvalue weighted by molar-refractivity contribution is 6.32. The zero-order valence-corrected chi connectivity index (χ0v) is 14.5. The van der Waals surface area contributed by atoms with Crippen LogP contribution in [0.25, 0.3) is 0 Å². The number of amides is 3. The normalized spacial score (nSPS) is 21.0. The second-order valence-corrected chi connectivity index (χ2v) is 6.70. The molecule has 1 heterocycles. The van der Waals surface area contributed by atoms with Crippen LogP contribution in [0.4, 0.5) is 4.79 Å². The molecule has 132 valence electrons. The van der Waals surface area contributed by atoms with Gasteiger partial charge in [-0.15, -0.1) is 0 Å². The average molecular weight is 371 g/mol. The first kappa shape index (κ1) is 16.6. The fourth-order valence-corrected chi connectivity index (χ4v) is 3.72. The third-order valence-corrected chi connectivity index (χ3v) is 5.08. The first-order valence-electron chi connectivity index (χ1n) is 8.19. The van der Waals surface area contributed by atoms with Crippen LogP contribution in [0.5, 0.6) is 5.75 Å². The van der Waals surface area contributed by atoms with Crippen molar-refractivity contribution in [1.82, 2.24) is 10.2 Å². The molecule has 1 spiro atoms. The molecular formula is C19H15ClN2O4. The topological polar surface area (TPSA) is 75.7 Å². The van der Waals surface area contributed by atoms with E-state index in [-0.39, 0.29) is 10.8 Å². The van der Waals surface area contributed by atoms with Gasteiger partial charge in [0.1, 0.15) is 17.8 Å². The van der Waals surface area contributed by atoms with E-state index in [1.807, 2.05) is 24.3 Å². The fraction of sp³-hybridized carbons (Fsp3) is 0.211. The number of urea groups is 1. The summed E-state index contributed by atoms with van der Waals surface area (Å²) in [5, 5.41) is 3.05. The molecule has 1 unspecified atom stereocenters. The van der Waals surface area contributed by atoms with Crippen molar-refractivity contribution in [3.8, 4) is 5.75 Å². The van der Waals surface area contributed by atoms with Gasteiger partial charge in [0, 0.05) is 0 Å². The number of halogens is 1. The van der Waals surface area contributed by atoms with Crippen LogP contribution in [-0.4, -0.2) is 29.4 Å². The Morgan fingerprint density at radius 2 is 1.88 bits per heavy atom. The molecule has 2 aromatic rings. The van der Waals surface area contributed by atoms with E-state index in [4.69, 9.17) is 16.3 Å². The number of benzene rings is 2. The SMILES string of the molecule is O=C(CN1C(=O)NC2(CCc3ccccc32)C1=O)Oc1ccccc1Cl. The molecule has 2 aromatic carbocycles. The number of carbonyl (C=O) groups excluding carboxylic acids is 3. The lowest BCUT2D eigenvalue weighted by molar-refractivity contribution is -0.141. The smallest absolute Gasteiger partial charge is 0.331 e. The number of rotatable bonds is 3. The fourth-order valence-electron chi connectivity index (χ4n) is 3.54. The summed E-state index contributed by atoms with van der Waals surface area (Å²) in [7, 11) is 0. The van der Waals surface area contributed by atoms with Gasteiger partial charge in [0.2, 0.25) is 0 Å². The number of esters is 1. The molecule has 1 fully saturated rings. The lowest BCUT2D eigenvalue weighted by atomic mass is 9.92. The number of hydrogen-bond acceptors (Lipinski definition) is 4. The van der Waals surface area contributed by atoms with Gasteiger partial charge in [-0.25, -0.2) is 9.59 Å². The maximum Gasteiger partial charge on any atom is 0.331 e. The maximum absolute atomic E-state index is 13.0. The summed E-state index contributed by atoms with van der Waals surface area (Å²) in [6, 6.07) is 13.4. The van der Waals surface area contributed by atoms with E-state index in [2.05, 4.69) is 5.32 Å². The lowest BCUT2D eigenvalue weighted by Crippen LogP contribution is -2.42. The monoisotopic (exact) mass is 370 g/mol. The number of ether oxygens (including phenoxy) is 1. The predicted molar refractivity (Wildman–Crippen MR) is 93.8 cm³/mol. The Morgan fingerprint density at radius 1 is 1.15 bits per heavy atom. The van der Waals surface area contributed by atoms with E-state index in [0.29, 0.717) is 12.8 Å². The number of hydrogen-bond donors (Lipinski definition) is 1. The van der Waals surface area contributed by atoms with Crippen molar-refractivity contribution < 1.29 is 19.1 Å². The number of fused-ring (bicyclic) bond motifs is 2. The van der Waals surface area contributed by atoms with Crippen LogP contribution in [0.2, 0.25) is 5.02 Å². The molecule has 0 aromatic heterocycles.